The van der Waals surface area contributed by atoms with Crippen LogP contribution in [0.5, 0.6) is 0 Å². The minimum absolute atomic E-state index is 0.0180. The summed E-state index contributed by atoms with van der Waals surface area (Å²) in [6.07, 6.45) is 0.345. The van der Waals surface area contributed by atoms with Gasteiger partial charge in [-0.15, -0.1) is 11.3 Å². The van der Waals surface area contributed by atoms with Gasteiger partial charge in [0.1, 0.15) is 0 Å². The maximum atomic E-state index is 12.6. The van der Waals surface area contributed by atoms with E-state index in [2.05, 4.69) is 0 Å². The first-order valence-electron chi connectivity index (χ1n) is 9.24. The Hall–Kier alpha value is -2.03. The van der Waals surface area contributed by atoms with Crippen molar-refractivity contribution in [1.82, 2.24) is 9.21 Å². The highest BCUT2D eigenvalue weighted by Gasteiger charge is 2.29. The van der Waals surface area contributed by atoms with Crippen LogP contribution in [0.2, 0.25) is 0 Å². The third kappa shape index (κ3) is 5.27. The van der Waals surface area contributed by atoms with E-state index < -0.39 is 10.0 Å². The summed E-state index contributed by atoms with van der Waals surface area (Å²) in [6, 6.07) is 12.8. The molecule has 6 nitrogen and oxygen atoms in total. The molecule has 1 aromatic heterocycles. The van der Waals surface area contributed by atoms with Crippen molar-refractivity contribution in [3.8, 4) is 0 Å². The number of benzene rings is 1. The Morgan fingerprint density at radius 2 is 1.64 bits per heavy atom. The molecule has 0 N–H and O–H groups in total. The number of piperazine rings is 1. The van der Waals surface area contributed by atoms with Gasteiger partial charge in [-0.1, -0.05) is 30.3 Å². The molecular formula is C20H24N2O4S2. The van der Waals surface area contributed by atoms with E-state index in [4.69, 9.17) is 0 Å². The van der Waals surface area contributed by atoms with Crippen molar-refractivity contribution in [2.45, 2.75) is 25.5 Å². The quantitative estimate of drug-likeness (QED) is 0.646. The van der Waals surface area contributed by atoms with Gasteiger partial charge in [0.15, 0.2) is 5.78 Å². The van der Waals surface area contributed by atoms with Gasteiger partial charge in [0, 0.05) is 43.9 Å². The molecule has 1 fully saturated rings. The van der Waals surface area contributed by atoms with Crippen LogP contribution in [0.15, 0.2) is 42.5 Å². The Morgan fingerprint density at radius 1 is 0.964 bits per heavy atom. The molecule has 2 heterocycles. The average Bonchev–Trinajstić information content (AvgIpc) is 3.13. The molecule has 0 saturated carbocycles. The van der Waals surface area contributed by atoms with Crippen LogP contribution in [0, 0.1) is 6.92 Å². The number of Topliss-reactive ketones (excluding diaryl/α,β-unsaturated/α-hetero) is 1. The van der Waals surface area contributed by atoms with Crippen molar-refractivity contribution in [3.05, 3.63) is 57.8 Å². The lowest BCUT2D eigenvalue weighted by atomic mass is 10.1. The molecule has 0 aliphatic carbocycles. The number of carbonyl (C=O) groups is 2. The Bertz CT molecular complexity index is 930. The number of aryl methyl sites for hydroxylation is 1. The highest BCUT2D eigenvalue weighted by Crippen LogP contribution is 2.18. The number of thiophene rings is 1. The molecule has 2 aromatic rings. The van der Waals surface area contributed by atoms with Crippen molar-refractivity contribution < 1.29 is 18.0 Å². The van der Waals surface area contributed by atoms with Crippen LogP contribution in [0.4, 0.5) is 0 Å². The Kier molecular flexibility index (Phi) is 6.64. The van der Waals surface area contributed by atoms with Crippen LogP contribution in [0.1, 0.15) is 33.0 Å². The number of nitrogens with zero attached hydrogens (tertiary/aromatic N) is 2. The summed E-state index contributed by atoms with van der Waals surface area (Å²) < 4.78 is 26.6. The first-order valence-corrected chi connectivity index (χ1v) is 11.7. The molecule has 0 bridgehead atoms. The van der Waals surface area contributed by atoms with Gasteiger partial charge in [-0.25, -0.2) is 8.42 Å². The second-order valence-electron chi connectivity index (χ2n) is 6.86. The minimum Gasteiger partial charge on any atom is -0.340 e. The molecule has 0 atom stereocenters. The lowest BCUT2D eigenvalue weighted by Gasteiger charge is -2.34. The Labute approximate surface area is 169 Å². The standard InChI is InChI=1S/C20H24N2O4S2/c1-16-7-9-19(27-16)18(23)8-10-20(24)21-11-13-22(14-12-21)28(25,26)15-17-5-3-2-4-6-17/h2-7,9H,8,10-15H2,1H3. The third-order valence-corrected chi connectivity index (χ3v) is 7.65. The summed E-state index contributed by atoms with van der Waals surface area (Å²) in [5, 5.41) is 0. The van der Waals surface area contributed by atoms with Gasteiger partial charge in [0.25, 0.3) is 0 Å². The molecule has 1 aliphatic heterocycles. The molecule has 1 aliphatic rings. The summed E-state index contributed by atoms with van der Waals surface area (Å²) in [4.78, 5) is 28.0. The Morgan fingerprint density at radius 3 is 2.25 bits per heavy atom. The summed E-state index contributed by atoms with van der Waals surface area (Å²) in [5.74, 6) is -0.145. The number of sulfonamides is 1. The molecule has 28 heavy (non-hydrogen) atoms. The lowest BCUT2D eigenvalue weighted by Crippen LogP contribution is -2.50. The highest BCUT2D eigenvalue weighted by atomic mass is 32.2. The second kappa shape index (κ2) is 8.98. The molecule has 1 aromatic carbocycles. The van der Waals surface area contributed by atoms with Crippen molar-refractivity contribution >= 4 is 33.1 Å². The van der Waals surface area contributed by atoms with Crippen LogP contribution in [0.25, 0.3) is 0 Å². The van der Waals surface area contributed by atoms with E-state index in [-0.39, 0.29) is 30.3 Å². The van der Waals surface area contributed by atoms with Crippen molar-refractivity contribution in [2.24, 2.45) is 0 Å². The van der Waals surface area contributed by atoms with E-state index >= 15 is 0 Å². The van der Waals surface area contributed by atoms with Crippen molar-refractivity contribution in [3.63, 3.8) is 0 Å². The average molecular weight is 421 g/mol. The summed E-state index contributed by atoms with van der Waals surface area (Å²) in [7, 11) is -3.40. The van der Waals surface area contributed by atoms with E-state index in [9.17, 15) is 18.0 Å². The van der Waals surface area contributed by atoms with Crippen LogP contribution >= 0.6 is 11.3 Å². The van der Waals surface area contributed by atoms with Gasteiger partial charge in [0.05, 0.1) is 10.6 Å². The fourth-order valence-electron chi connectivity index (χ4n) is 3.18. The van der Waals surface area contributed by atoms with Gasteiger partial charge in [0.2, 0.25) is 15.9 Å². The Balaban J connectivity index is 1.47. The number of ketones is 1. The largest absolute Gasteiger partial charge is 0.340 e. The molecule has 3 rings (SSSR count). The van der Waals surface area contributed by atoms with Gasteiger partial charge in [-0.3, -0.25) is 9.59 Å². The molecule has 0 radical (unpaired) electrons. The number of rotatable bonds is 7. The van der Waals surface area contributed by atoms with E-state index in [0.29, 0.717) is 31.1 Å². The van der Waals surface area contributed by atoms with E-state index in [0.717, 1.165) is 10.4 Å². The maximum absolute atomic E-state index is 12.6. The monoisotopic (exact) mass is 420 g/mol. The first kappa shape index (κ1) is 20.7. The predicted octanol–water partition coefficient (Wildman–Crippen LogP) is 2.69. The number of amides is 1. The summed E-state index contributed by atoms with van der Waals surface area (Å²) in [6.45, 7) is 3.24. The molecule has 150 valence electrons. The van der Waals surface area contributed by atoms with Gasteiger partial charge in [-0.2, -0.15) is 4.31 Å². The van der Waals surface area contributed by atoms with Crippen molar-refractivity contribution in [2.75, 3.05) is 26.2 Å². The van der Waals surface area contributed by atoms with Gasteiger partial charge >= 0.3 is 0 Å². The molecule has 1 saturated heterocycles. The van der Waals surface area contributed by atoms with E-state index in [1.54, 1.807) is 23.1 Å². The van der Waals surface area contributed by atoms with Crippen LogP contribution < -0.4 is 0 Å². The zero-order valence-corrected chi connectivity index (χ0v) is 17.5. The topological polar surface area (TPSA) is 74.8 Å². The SMILES string of the molecule is Cc1ccc(C(=O)CCC(=O)N2CCN(S(=O)(=O)Cc3ccccc3)CC2)s1. The van der Waals surface area contributed by atoms with Gasteiger partial charge in [-0.05, 0) is 24.6 Å². The highest BCUT2D eigenvalue weighted by molar-refractivity contribution is 7.88. The predicted molar refractivity (Wildman–Crippen MR) is 110 cm³/mol. The lowest BCUT2D eigenvalue weighted by molar-refractivity contribution is -0.132. The van der Waals surface area contributed by atoms with Crippen LogP contribution in [0.3, 0.4) is 0 Å². The van der Waals surface area contributed by atoms with E-state index in [1.807, 2.05) is 31.2 Å². The fraction of sp³-hybridized carbons (Fsp3) is 0.400. The number of hydrogen-bond donors (Lipinski definition) is 0. The van der Waals surface area contributed by atoms with Gasteiger partial charge < -0.3 is 4.90 Å². The molecular weight excluding hydrogens is 396 g/mol. The van der Waals surface area contributed by atoms with Crippen LogP contribution in [-0.2, 0) is 20.6 Å². The first-order chi connectivity index (χ1) is 13.3. The van der Waals surface area contributed by atoms with E-state index in [1.165, 1.54) is 15.6 Å². The third-order valence-electron chi connectivity index (χ3n) is 4.76. The minimum atomic E-state index is -3.40. The maximum Gasteiger partial charge on any atom is 0.223 e. The summed E-state index contributed by atoms with van der Waals surface area (Å²) in [5.41, 5.74) is 0.753. The molecule has 0 spiro atoms. The molecule has 1 amide bonds. The van der Waals surface area contributed by atoms with Crippen molar-refractivity contribution in [1.29, 1.82) is 0 Å². The zero-order chi connectivity index (χ0) is 20.1. The smallest absolute Gasteiger partial charge is 0.223 e. The number of hydrogen-bond acceptors (Lipinski definition) is 5. The molecule has 8 heteroatoms. The zero-order valence-electron chi connectivity index (χ0n) is 15.8. The normalized spacial score (nSPS) is 15.5. The fourth-order valence-corrected chi connectivity index (χ4v) is 5.53. The van der Waals surface area contributed by atoms with Crippen LogP contribution in [-0.4, -0.2) is 55.5 Å². The number of carbonyl (C=O) groups excluding carboxylic acids is 2. The molecule has 0 unspecified atom stereocenters. The second-order valence-corrected chi connectivity index (χ2v) is 10.1. The summed E-state index contributed by atoms with van der Waals surface area (Å²) >= 11 is 1.44.